The zero-order valence-electron chi connectivity index (χ0n) is 7.05. The Morgan fingerprint density at radius 2 is 2.21 bits per heavy atom. The SMILES string of the molecule is N#CCC(=O)Nc1cc(F)ccc1F. The second-order valence-corrected chi connectivity index (χ2v) is 2.51. The lowest BCUT2D eigenvalue weighted by Gasteiger charge is -2.03. The molecule has 0 fully saturated rings. The quantitative estimate of drug-likeness (QED) is 0.784. The van der Waals surface area contributed by atoms with Crippen molar-refractivity contribution in [1.82, 2.24) is 0 Å². The van der Waals surface area contributed by atoms with Gasteiger partial charge in [0.25, 0.3) is 0 Å². The Labute approximate surface area is 79.0 Å². The summed E-state index contributed by atoms with van der Waals surface area (Å²) in [5.41, 5.74) is -0.259. The van der Waals surface area contributed by atoms with Crippen molar-refractivity contribution in [2.24, 2.45) is 0 Å². The van der Waals surface area contributed by atoms with Crippen LogP contribution in [0.4, 0.5) is 14.5 Å². The van der Waals surface area contributed by atoms with Gasteiger partial charge in [-0.15, -0.1) is 0 Å². The van der Waals surface area contributed by atoms with E-state index in [0.29, 0.717) is 0 Å². The molecule has 0 saturated heterocycles. The number of amides is 1. The molecule has 1 N–H and O–H groups in total. The van der Waals surface area contributed by atoms with E-state index >= 15 is 0 Å². The van der Waals surface area contributed by atoms with Crippen molar-refractivity contribution in [3.05, 3.63) is 29.8 Å². The fraction of sp³-hybridized carbons (Fsp3) is 0.111. The van der Waals surface area contributed by atoms with E-state index < -0.39 is 24.0 Å². The molecule has 0 radical (unpaired) electrons. The van der Waals surface area contributed by atoms with Gasteiger partial charge in [-0.05, 0) is 12.1 Å². The fourth-order valence-electron chi connectivity index (χ4n) is 0.859. The normalized spacial score (nSPS) is 9.21. The molecule has 0 bridgehead atoms. The van der Waals surface area contributed by atoms with Gasteiger partial charge in [-0.25, -0.2) is 8.78 Å². The second-order valence-electron chi connectivity index (χ2n) is 2.51. The van der Waals surface area contributed by atoms with Gasteiger partial charge in [0, 0.05) is 6.07 Å². The molecule has 0 aliphatic carbocycles. The van der Waals surface area contributed by atoms with Crippen molar-refractivity contribution < 1.29 is 13.6 Å². The number of rotatable bonds is 2. The summed E-state index contributed by atoms with van der Waals surface area (Å²) in [6.45, 7) is 0. The van der Waals surface area contributed by atoms with Crippen molar-refractivity contribution >= 4 is 11.6 Å². The first kappa shape index (κ1) is 10.1. The van der Waals surface area contributed by atoms with Gasteiger partial charge in [0.1, 0.15) is 18.1 Å². The van der Waals surface area contributed by atoms with Crippen LogP contribution in [0.1, 0.15) is 6.42 Å². The fourth-order valence-corrected chi connectivity index (χ4v) is 0.859. The number of carbonyl (C=O) groups is 1. The van der Waals surface area contributed by atoms with Gasteiger partial charge in [-0.1, -0.05) is 0 Å². The molecule has 0 unspecified atom stereocenters. The Balaban J connectivity index is 2.81. The van der Waals surface area contributed by atoms with Crippen molar-refractivity contribution in [3.8, 4) is 6.07 Å². The third-order valence-electron chi connectivity index (χ3n) is 1.44. The molecule has 1 amide bonds. The predicted octanol–water partition coefficient (Wildman–Crippen LogP) is 1.82. The van der Waals surface area contributed by atoms with Crippen LogP contribution < -0.4 is 5.32 Å². The molecule has 0 aromatic heterocycles. The molecule has 0 spiro atoms. The molecular weight excluding hydrogens is 190 g/mol. The van der Waals surface area contributed by atoms with Crippen LogP contribution in [-0.4, -0.2) is 5.91 Å². The van der Waals surface area contributed by atoms with Crippen LogP contribution in [0.15, 0.2) is 18.2 Å². The van der Waals surface area contributed by atoms with Gasteiger partial charge in [0.05, 0.1) is 11.8 Å². The van der Waals surface area contributed by atoms with E-state index in [1.165, 1.54) is 0 Å². The number of nitrogens with one attached hydrogen (secondary N) is 1. The maximum absolute atomic E-state index is 12.9. The lowest BCUT2D eigenvalue weighted by molar-refractivity contribution is -0.115. The van der Waals surface area contributed by atoms with E-state index in [1.54, 1.807) is 6.07 Å². The summed E-state index contributed by atoms with van der Waals surface area (Å²) in [4.78, 5) is 10.9. The summed E-state index contributed by atoms with van der Waals surface area (Å²) in [5, 5.41) is 10.2. The largest absolute Gasteiger partial charge is 0.323 e. The van der Waals surface area contributed by atoms with Gasteiger partial charge in [0.15, 0.2) is 0 Å². The smallest absolute Gasteiger partial charge is 0.238 e. The molecule has 1 rings (SSSR count). The highest BCUT2D eigenvalue weighted by molar-refractivity contribution is 5.92. The third-order valence-corrected chi connectivity index (χ3v) is 1.44. The average Bonchev–Trinajstić information content (AvgIpc) is 2.12. The van der Waals surface area contributed by atoms with Gasteiger partial charge < -0.3 is 5.32 Å². The molecule has 0 aliphatic heterocycles. The first-order valence-corrected chi connectivity index (χ1v) is 3.75. The van der Waals surface area contributed by atoms with E-state index in [0.717, 1.165) is 18.2 Å². The number of halogens is 2. The summed E-state index contributed by atoms with van der Waals surface area (Å²) >= 11 is 0. The second kappa shape index (κ2) is 4.33. The first-order valence-electron chi connectivity index (χ1n) is 3.75. The van der Waals surface area contributed by atoms with Crippen molar-refractivity contribution in [2.75, 3.05) is 5.32 Å². The van der Waals surface area contributed by atoms with Gasteiger partial charge >= 0.3 is 0 Å². The van der Waals surface area contributed by atoms with Crippen molar-refractivity contribution in [1.29, 1.82) is 5.26 Å². The number of hydrogen-bond acceptors (Lipinski definition) is 2. The minimum atomic E-state index is -0.738. The Morgan fingerprint density at radius 1 is 1.50 bits per heavy atom. The highest BCUT2D eigenvalue weighted by atomic mass is 19.1. The third kappa shape index (κ3) is 2.52. The predicted molar refractivity (Wildman–Crippen MR) is 45.2 cm³/mol. The van der Waals surface area contributed by atoms with Crippen LogP contribution in [-0.2, 0) is 4.79 Å². The van der Waals surface area contributed by atoms with Crippen molar-refractivity contribution in [2.45, 2.75) is 6.42 Å². The minimum absolute atomic E-state index is 0.259. The maximum Gasteiger partial charge on any atom is 0.238 e. The topological polar surface area (TPSA) is 52.9 Å². The summed E-state index contributed by atoms with van der Waals surface area (Å²) in [6, 6.07) is 4.29. The molecule has 0 heterocycles. The molecule has 0 saturated carbocycles. The van der Waals surface area contributed by atoms with Crippen LogP contribution >= 0.6 is 0 Å². The number of hydrogen-bond donors (Lipinski definition) is 1. The molecule has 3 nitrogen and oxygen atoms in total. The van der Waals surface area contributed by atoms with E-state index in [2.05, 4.69) is 5.32 Å². The van der Waals surface area contributed by atoms with Gasteiger partial charge in [-0.2, -0.15) is 5.26 Å². The van der Waals surface area contributed by atoms with E-state index in [1.807, 2.05) is 0 Å². The number of benzene rings is 1. The van der Waals surface area contributed by atoms with Crippen molar-refractivity contribution in [3.63, 3.8) is 0 Å². The Morgan fingerprint density at radius 3 is 2.86 bits per heavy atom. The van der Waals surface area contributed by atoms with E-state index in [-0.39, 0.29) is 5.69 Å². The van der Waals surface area contributed by atoms with E-state index in [9.17, 15) is 13.6 Å². The molecular formula is C9H6F2N2O. The van der Waals surface area contributed by atoms with Crippen LogP contribution in [0.5, 0.6) is 0 Å². The van der Waals surface area contributed by atoms with Gasteiger partial charge in [0.2, 0.25) is 5.91 Å². The molecule has 1 aromatic rings. The Bertz CT molecular complexity index is 398. The number of nitriles is 1. The minimum Gasteiger partial charge on any atom is -0.323 e. The molecule has 14 heavy (non-hydrogen) atoms. The highest BCUT2D eigenvalue weighted by Gasteiger charge is 2.07. The Kier molecular flexibility index (Phi) is 3.13. The van der Waals surface area contributed by atoms with Crippen LogP contribution in [0.25, 0.3) is 0 Å². The average molecular weight is 196 g/mol. The standard InChI is InChI=1S/C9H6F2N2O/c10-6-1-2-7(11)8(5-6)13-9(14)3-4-12/h1-2,5H,3H2,(H,13,14). The zero-order chi connectivity index (χ0) is 10.6. The molecule has 0 atom stereocenters. The summed E-state index contributed by atoms with van der Waals surface area (Å²) in [5.74, 6) is -2.06. The zero-order valence-corrected chi connectivity index (χ0v) is 7.05. The molecule has 72 valence electrons. The molecule has 1 aromatic carbocycles. The summed E-state index contributed by atoms with van der Waals surface area (Å²) in [7, 11) is 0. The number of nitrogens with zero attached hydrogens (tertiary/aromatic N) is 1. The highest BCUT2D eigenvalue weighted by Crippen LogP contribution is 2.15. The first-order chi connectivity index (χ1) is 6.63. The summed E-state index contributed by atoms with van der Waals surface area (Å²) in [6.07, 6.45) is -0.393. The van der Waals surface area contributed by atoms with E-state index in [4.69, 9.17) is 5.26 Å². The monoisotopic (exact) mass is 196 g/mol. The number of anilines is 1. The molecule has 5 heteroatoms. The van der Waals surface area contributed by atoms with Gasteiger partial charge in [-0.3, -0.25) is 4.79 Å². The lowest BCUT2D eigenvalue weighted by atomic mass is 10.3. The Hall–Kier alpha value is -1.96. The summed E-state index contributed by atoms with van der Waals surface area (Å²) < 4.78 is 25.5. The lowest BCUT2D eigenvalue weighted by Crippen LogP contribution is -2.11. The van der Waals surface area contributed by atoms with Crippen LogP contribution in [0.3, 0.4) is 0 Å². The van der Waals surface area contributed by atoms with Crippen LogP contribution in [0.2, 0.25) is 0 Å². The van der Waals surface area contributed by atoms with Crippen LogP contribution in [0, 0.1) is 23.0 Å². The number of carbonyl (C=O) groups excluding carboxylic acids is 1. The molecule has 0 aliphatic rings. The maximum atomic E-state index is 12.9.